The van der Waals surface area contributed by atoms with E-state index in [-0.39, 0.29) is 0 Å². The zero-order valence-corrected chi connectivity index (χ0v) is 28.5. The third-order valence-corrected chi connectivity index (χ3v) is 10.4. The maximum absolute atomic E-state index is 3.99. The molecule has 0 aliphatic heterocycles. The minimum atomic E-state index is 1.04. The van der Waals surface area contributed by atoms with Crippen LogP contribution < -0.4 is 5.32 Å². The molecule has 1 heterocycles. The lowest BCUT2D eigenvalue weighted by Crippen LogP contribution is -1.98. The van der Waals surface area contributed by atoms with Gasteiger partial charge in [-0.15, -0.1) is 0 Å². The molecule has 2 heteroatoms. The van der Waals surface area contributed by atoms with Crippen LogP contribution in [0.15, 0.2) is 194 Å². The van der Waals surface area contributed by atoms with Crippen molar-refractivity contribution in [3.8, 4) is 44.5 Å². The minimum absolute atomic E-state index is 1.04. The van der Waals surface area contributed by atoms with Gasteiger partial charge in [-0.1, -0.05) is 170 Å². The molecule has 0 aliphatic carbocycles. The Balaban J connectivity index is 1.28. The number of nitrogens with one attached hydrogen (secondary N) is 2. The average Bonchev–Trinajstić information content (AvgIpc) is 3.59. The van der Waals surface area contributed by atoms with E-state index >= 15 is 0 Å². The van der Waals surface area contributed by atoms with Crippen molar-refractivity contribution in [2.24, 2.45) is 0 Å². The van der Waals surface area contributed by atoms with Gasteiger partial charge in [0.15, 0.2) is 0 Å². The molecule has 0 saturated carbocycles. The molecule has 52 heavy (non-hydrogen) atoms. The van der Waals surface area contributed by atoms with Crippen LogP contribution in [0.5, 0.6) is 0 Å². The number of rotatable bonds is 6. The van der Waals surface area contributed by atoms with Gasteiger partial charge in [0.05, 0.1) is 5.52 Å². The van der Waals surface area contributed by atoms with E-state index in [0.29, 0.717) is 0 Å². The van der Waals surface area contributed by atoms with E-state index in [1.165, 1.54) is 65.7 Å². The Labute approximate surface area is 302 Å². The van der Waals surface area contributed by atoms with Crippen LogP contribution in [0.4, 0.5) is 11.4 Å². The number of H-pyrrole nitrogens is 1. The van der Waals surface area contributed by atoms with Gasteiger partial charge in [-0.3, -0.25) is 0 Å². The quantitative estimate of drug-likeness (QED) is 0.170. The van der Waals surface area contributed by atoms with Crippen LogP contribution in [0.3, 0.4) is 0 Å². The molecule has 0 amide bonds. The molecule has 2 nitrogen and oxygen atoms in total. The predicted molar refractivity (Wildman–Crippen MR) is 222 cm³/mol. The van der Waals surface area contributed by atoms with Gasteiger partial charge in [0.25, 0.3) is 0 Å². The van der Waals surface area contributed by atoms with Crippen molar-refractivity contribution in [1.82, 2.24) is 4.98 Å². The fourth-order valence-electron chi connectivity index (χ4n) is 8.13. The molecule has 0 fully saturated rings. The molecular formula is C50H34N2. The lowest BCUT2D eigenvalue weighted by atomic mass is 9.85. The highest BCUT2D eigenvalue weighted by Gasteiger charge is 2.21. The summed E-state index contributed by atoms with van der Waals surface area (Å²) in [7, 11) is 0. The molecule has 0 aliphatic rings. The summed E-state index contributed by atoms with van der Waals surface area (Å²) < 4.78 is 0. The first-order valence-electron chi connectivity index (χ1n) is 17.9. The number of fused-ring (bicyclic) bond motifs is 5. The van der Waals surface area contributed by atoms with Crippen LogP contribution >= 0.6 is 0 Å². The maximum Gasteiger partial charge on any atom is 0.0552 e. The first kappa shape index (κ1) is 30.0. The van der Waals surface area contributed by atoms with E-state index < -0.39 is 0 Å². The molecular weight excluding hydrogens is 629 g/mol. The van der Waals surface area contributed by atoms with Gasteiger partial charge in [-0.05, 0) is 79.2 Å². The predicted octanol–water partition coefficient (Wildman–Crippen LogP) is 14.0. The number of anilines is 2. The van der Waals surface area contributed by atoms with Gasteiger partial charge >= 0.3 is 0 Å². The van der Waals surface area contributed by atoms with E-state index in [1.54, 1.807) is 0 Å². The standard InChI is InChI=1S/C50H34N2/c1-5-17-33(18-6-1)46-39-26-13-14-27-40(39)47(34-19-7-2-8-20-34)42-31-37(29-30-41(42)46)51-45-32-43-38-25-15-16-28-44(38)52-50(43)49(36-23-11-4-12-24-36)48(45)35-21-9-3-10-22-35/h1-32,51-52H. The fraction of sp³-hybridized carbons (Fsp3) is 0. The Morgan fingerprint density at radius 3 is 1.33 bits per heavy atom. The van der Waals surface area contributed by atoms with Gasteiger partial charge in [0.2, 0.25) is 0 Å². The number of hydrogen-bond acceptors (Lipinski definition) is 1. The SMILES string of the molecule is c1ccc(-c2c(Nc3ccc4c(-c5ccccc5)c5ccccc5c(-c5ccccc5)c4c3)cc3c([nH]c4ccccc43)c2-c2ccccc2)cc1. The molecule has 9 aromatic carbocycles. The summed E-state index contributed by atoms with van der Waals surface area (Å²) in [5.41, 5.74) is 14.0. The van der Waals surface area contributed by atoms with E-state index in [0.717, 1.165) is 33.5 Å². The second kappa shape index (κ2) is 12.5. The van der Waals surface area contributed by atoms with Crippen molar-refractivity contribution >= 4 is 54.7 Å². The van der Waals surface area contributed by atoms with E-state index in [9.17, 15) is 0 Å². The topological polar surface area (TPSA) is 27.8 Å². The zero-order valence-electron chi connectivity index (χ0n) is 28.5. The summed E-state index contributed by atoms with van der Waals surface area (Å²) in [6.45, 7) is 0. The highest BCUT2D eigenvalue weighted by Crippen LogP contribution is 2.48. The molecule has 0 spiro atoms. The second-order valence-corrected chi connectivity index (χ2v) is 13.4. The Bertz CT molecular complexity index is 2890. The first-order valence-corrected chi connectivity index (χ1v) is 17.9. The average molecular weight is 663 g/mol. The first-order chi connectivity index (χ1) is 25.8. The Morgan fingerprint density at radius 1 is 0.308 bits per heavy atom. The van der Waals surface area contributed by atoms with Crippen molar-refractivity contribution in [1.29, 1.82) is 0 Å². The minimum Gasteiger partial charge on any atom is -0.355 e. The molecule has 244 valence electrons. The van der Waals surface area contributed by atoms with Crippen molar-refractivity contribution in [2.45, 2.75) is 0 Å². The smallest absolute Gasteiger partial charge is 0.0552 e. The third-order valence-electron chi connectivity index (χ3n) is 10.4. The van der Waals surface area contributed by atoms with Crippen LogP contribution in [0.25, 0.3) is 87.9 Å². The second-order valence-electron chi connectivity index (χ2n) is 13.4. The van der Waals surface area contributed by atoms with E-state index in [1.807, 2.05) is 0 Å². The highest BCUT2D eigenvalue weighted by molar-refractivity contribution is 6.22. The lowest BCUT2D eigenvalue weighted by Gasteiger charge is -2.21. The molecule has 1 aromatic heterocycles. The molecule has 0 atom stereocenters. The zero-order chi connectivity index (χ0) is 34.4. The number of benzene rings is 9. The fourth-order valence-corrected chi connectivity index (χ4v) is 8.13. The number of aromatic nitrogens is 1. The Hall–Kier alpha value is -6.90. The summed E-state index contributed by atoms with van der Waals surface area (Å²) in [4.78, 5) is 3.81. The molecule has 0 unspecified atom stereocenters. The van der Waals surface area contributed by atoms with Gasteiger partial charge < -0.3 is 10.3 Å². The van der Waals surface area contributed by atoms with Crippen LogP contribution in [0, 0.1) is 0 Å². The van der Waals surface area contributed by atoms with Crippen molar-refractivity contribution in [3.05, 3.63) is 194 Å². The third kappa shape index (κ3) is 4.96. The molecule has 0 bridgehead atoms. The summed E-state index contributed by atoms with van der Waals surface area (Å²) in [6.07, 6.45) is 0. The Kier molecular flexibility index (Phi) is 7.18. The monoisotopic (exact) mass is 662 g/mol. The van der Waals surface area contributed by atoms with Crippen LogP contribution in [-0.2, 0) is 0 Å². The van der Waals surface area contributed by atoms with Gasteiger partial charge in [-0.2, -0.15) is 0 Å². The summed E-state index contributed by atoms with van der Waals surface area (Å²) in [6, 6.07) is 69.9. The molecule has 0 radical (unpaired) electrons. The van der Waals surface area contributed by atoms with Crippen molar-refractivity contribution < 1.29 is 0 Å². The molecule has 10 aromatic rings. The Morgan fingerprint density at radius 2 is 0.750 bits per heavy atom. The maximum atomic E-state index is 3.99. The highest BCUT2D eigenvalue weighted by atomic mass is 14.9. The van der Waals surface area contributed by atoms with Gasteiger partial charge in [0.1, 0.15) is 0 Å². The van der Waals surface area contributed by atoms with Crippen LogP contribution in [0.1, 0.15) is 0 Å². The van der Waals surface area contributed by atoms with Gasteiger partial charge in [-0.25, -0.2) is 0 Å². The summed E-state index contributed by atoms with van der Waals surface area (Å²) >= 11 is 0. The summed E-state index contributed by atoms with van der Waals surface area (Å²) in [5.74, 6) is 0. The summed E-state index contributed by atoms with van der Waals surface area (Å²) in [5, 5.41) is 11.3. The van der Waals surface area contributed by atoms with Gasteiger partial charge in [0, 0.05) is 38.8 Å². The molecule has 2 N–H and O–H groups in total. The van der Waals surface area contributed by atoms with Crippen LogP contribution in [-0.4, -0.2) is 4.98 Å². The molecule has 10 rings (SSSR count). The number of para-hydroxylation sites is 1. The van der Waals surface area contributed by atoms with Crippen molar-refractivity contribution in [2.75, 3.05) is 5.32 Å². The lowest BCUT2D eigenvalue weighted by molar-refractivity contribution is 1.51. The number of hydrogen-bond donors (Lipinski definition) is 2. The van der Waals surface area contributed by atoms with Crippen molar-refractivity contribution in [3.63, 3.8) is 0 Å². The van der Waals surface area contributed by atoms with Crippen LogP contribution in [0.2, 0.25) is 0 Å². The largest absolute Gasteiger partial charge is 0.355 e. The van der Waals surface area contributed by atoms with E-state index in [2.05, 4.69) is 204 Å². The van der Waals surface area contributed by atoms with E-state index in [4.69, 9.17) is 0 Å². The number of aromatic amines is 1. The molecule has 0 saturated heterocycles. The normalized spacial score (nSPS) is 11.5.